The molecule has 0 amide bonds. The highest BCUT2D eigenvalue weighted by molar-refractivity contribution is 6.02. The Kier molecular flexibility index (Phi) is 1.76. The fourth-order valence-corrected chi connectivity index (χ4v) is 1.84. The van der Waals surface area contributed by atoms with Crippen LogP contribution in [0, 0.1) is 11.2 Å². The number of furan rings is 1. The van der Waals surface area contributed by atoms with E-state index in [-0.39, 0.29) is 17.0 Å². The molecule has 0 bridgehead atoms. The van der Waals surface area contributed by atoms with Gasteiger partial charge in [0.25, 0.3) is 0 Å². The quantitative estimate of drug-likeness (QED) is 0.721. The zero-order valence-electron chi connectivity index (χ0n) is 8.92. The van der Waals surface area contributed by atoms with Crippen LogP contribution >= 0.6 is 0 Å². The Bertz CT molecular complexity index is 579. The zero-order valence-corrected chi connectivity index (χ0v) is 8.92. The molecule has 16 heavy (non-hydrogen) atoms. The van der Waals surface area contributed by atoms with Crippen molar-refractivity contribution in [2.24, 2.45) is 5.41 Å². The SMILES string of the molecule is CC1(C(=O)c2cc3cc(F)ccc3o2)CC1. The first-order chi connectivity index (χ1) is 7.58. The maximum Gasteiger partial charge on any atom is 0.203 e. The molecule has 0 radical (unpaired) electrons. The van der Waals surface area contributed by atoms with Gasteiger partial charge in [0.05, 0.1) is 0 Å². The standard InChI is InChI=1S/C13H11FO2/c1-13(4-5-13)12(15)11-7-8-6-9(14)2-3-10(8)16-11/h2-3,6-7H,4-5H2,1H3. The molecule has 1 saturated carbocycles. The Hall–Kier alpha value is -1.64. The second kappa shape index (κ2) is 2.94. The van der Waals surface area contributed by atoms with E-state index in [9.17, 15) is 9.18 Å². The second-order valence-electron chi connectivity index (χ2n) is 4.68. The van der Waals surface area contributed by atoms with Crippen molar-refractivity contribution in [3.8, 4) is 0 Å². The molecule has 1 fully saturated rings. The molecule has 3 heteroatoms. The van der Waals surface area contributed by atoms with E-state index in [0.29, 0.717) is 16.7 Å². The first-order valence-corrected chi connectivity index (χ1v) is 5.32. The first-order valence-electron chi connectivity index (χ1n) is 5.32. The largest absolute Gasteiger partial charge is 0.453 e. The Morgan fingerprint density at radius 3 is 2.81 bits per heavy atom. The van der Waals surface area contributed by atoms with Crippen molar-refractivity contribution in [2.45, 2.75) is 19.8 Å². The lowest BCUT2D eigenvalue weighted by molar-refractivity contribution is 0.0886. The number of fused-ring (bicyclic) bond motifs is 1. The molecule has 2 aromatic rings. The van der Waals surface area contributed by atoms with E-state index in [1.807, 2.05) is 6.92 Å². The van der Waals surface area contributed by atoms with E-state index in [4.69, 9.17) is 4.42 Å². The maximum atomic E-state index is 13.0. The van der Waals surface area contributed by atoms with Crippen molar-refractivity contribution >= 4 is 16.8 Å². The van der Waals surface area contributed by atoms with E-state index < -0.39 is 0 Å². The first kappa shape index (κ1) is 9.58. The summed E-state index contributed by atoms with van der Waals surface area (Å²) in [5.41, 5.74) is 0.320. The summed E-state index contributed by atoms with van der Waals surface area (Å²) < 4.78 is 18.4. The van der Waals surface area contributed by atoms with Gasteiger partial charge < -0.3 is 4.42 Å². The number of rotatable bonds is 2. The van der Waals surface area contributed by atoms with E-state index in [0.717, 1.165) is 12.8 Å². The molecule has 3 rings (SSSR count). The molecule has 1 aromatic carbocycles. The lowest BCUT2D eigenvalue weighted by atomic mass is 10.0. The highest BCUT2D eigenvalue weighted by Gasteiger charge is 2.46. The summed E-state index contributed by atoms with van der Waals surface area (Å²) in [6, 6.07) is 5.89. The Labute approximate surface area is 92.1 Å². The molecule has 0 N–H and O–H groups in total. The third-order valence-electron chi connectivity index (χ3n) is 3.25. The number of hydrogen-bond donors (Lipinski definition) is 0. The Morgan fingerprint density at radius 2 is 2.12 bits per heavy atom. The van der Waals surface area contributed by atoms with Crippen LogP contribution in [0.1, 0.15) is 30.3 Å². The molecule has 1 aliphatic rings. The number of carbonyl (C=O) groups is 1. The smallest absolute Gasteiger partial charge is 0.203 e. The van der Waals surface area contributed by atoms with E-state index >= 15 is 0 Å². The van der Waals surface area contributed by atoms with Crippen LogP contribution in [0.5, 0.6) is 0 Å². The van der Waals surface area contributed by atoms with Crippen molar-refractivity contribution in [2.75, 3.05) is 0 Å². The number of halogens is 1. The molecule has 82 valence electrons. The fraction of sp³-hybridized carbons (Fsp3) is 0.308. The van der Waals surface area contributed by atoms with Crippen LogP contribution in [-0.4, -0.2) is 5.78 Å². The number of carbonyl (C=O) groups excluding carboxylic acids is 1. The van der Waals surface area contributed by atoms with Gasteiger partial charge in [0.1, 0.15) is 11.4 Å². The summed E-state index contributed by atoms with van der Waals surface area (Å²) in [6.07, 6.45) is 1.83. The van der Waals surface area contributed by atoms with Crippen molar-refractivity contribution < 1.29 is 13.6 Å². The normalized spacial score (nSPS) is 17.6. The van der Waals surface area contributed by atoms with Gasteiger partial charge in [-0.3, -0.25) is 4.79 Å². The third kappa shape index (κ3) is 1.35. The Morgan fingerprint density at radius 1 is 1.38 bits per heavy atom. The highest BCUT2D eigenvalue weighted by atomic mass is 19.1. The summed E-state index contributed by atoms with van der Waals surface area (Å²) in [6.45, 7) is 1.93. The molecule has 2 nitrogen and oxygen atoms in total. The molecule has 0 unspecified atom stereocenters. The number of ketones is 1. The Balaban J connectivity index is 2.08. The van der Waals surface area contributed by atoms with Crippen LogP contribution in [0.25, 0.3) is 11.0 Å². The second-order valence-corrected chi connectivity index (χ2v) is 4.68. The molecule has 1 aliphatic carbocycles. The van der Waals surface area contributed by atoms with Crippen LogP contribution in [0.3, 0.4) is 0 Å². The number of hydrogen-bond acceptors (Lipinski definition) is 2. The van der Waals surface area contributed by atoms with Gasteiger partial charge in [0.2, 0.25) is 5.78 Å². The third-order valence-corrected chi connectivity index (χ3v) is 3.25. The van der Waals surface area contributed by atoms with Crippen molar-refractivity contribution in [3.05, 3.63) is 35.8 Å². The molecular weight excluding hydrogens is 207 g/mol. The van der Waals surface area contributed by atoms with Gasteiger partial charge in [-0.2, -0.15) is 0 Å². The van der Waals surface area contributed by atoms with Crippen LogP contribution in [0.4, 0.5) is 4.39 Å². The fourth-order valence-electron chi connectivity index (χ4n) is 1.84. The van der Waals surface area contributed by atoms with Gasteiger partial charge in [0.15, 0.2) is 5.76 Å². The highest BCUT2D eigenvalue weighted by Crippen LogP contribution is 2.48. The summed E-state index contributed by atoms with van der Waals surface area (Å²) in [7, 11) is 0. The van der Waals surface area contributed by atoms with Crippen LogP contribution in [0.2, 0.25) is 0 Å². The van der Waals surface area contributed by atoms with Crippen molar-refractivity contribution in [1.82, 2.24) is 0 Å². The number of Topliss-reactive ketones (excluding diaryl/α,β-unsaturated/α-hetero) is 1. The van der Waals surface area contributed by atoms with Gasteiger partial charge in [-0.15, -0.1) is 0 Å². The minimum atomic E-state index is -0.315. The molecule has 0 saturated heterocycles. The van der Waals surface area contributed by atoms with Gasteiger partial charge in [0, 0.05) is 10.8 Å². The maximum absolute atomic E-state index is 13.0. The van der Waals surface area contributed by atoms with Crippen molar-refractivity contribution in [1.29, 1.82) is 0 Å². The molecule has 1 heterocycles. The average molecular weight is 218 g/mol. The van der Waals surface area contributed by atoms with Crippen LogP contribution in [0.15, 0.2) is 28.7 Å². The van der Waals surface area contributed by atoms with Gasteiger partial charge in [-0.05, 0) is 37.1 Å². The lowest BCUT2D eigenvalue weighted by Crippen LogP contribution is -2.10. The summed E-state index contributed by atoms with van der Waals surface area (Å²) >= 11 is 0. The van der Waals surface area contributed by atoms with Gasteiger partial charge in [-0.1, -0.05) is 6.92 Å². The molecule has 0 spiro atoms. The van der Waals surface area contributed by atoms with Gasteiger partial charge in [-0.25, -0.2) is 4.39 Å². The summed E-state index contributed by atoms with van der Waals surface area (Å²) in [4.78, 5) is 12.0. The topological polar surface area (TPSA) is 30.2 Å². The molecule has 0 atom stereocenters. The predicted octanol–water partition coefficient (Wildman–Crippen LogP) is 3.55. The van der Waals surface area contributed by atoms with Crippen LogP contribution < -0.4 is 0 Å². The predicted molar refractivity (Wildman–Crippen MR) is 57.8 cm³/mol. The zero-order chi connectivity index (χ0) is 11.3. The van der Waals surface area contributed by atoms with E-state index in [2.05, 4.69) is 0 Å². The summed E-state index contributed by atoms with van der Waals surface area (Å²) in [5.74, 6) is 0.0645. The number of benzene rings is 1. The minimum absolute atomic E-state index is 0.0316. The monoisotopic (exact) mass is 218 g/mol. The molecule has 0 aliphatic heterocycles. The van der Waals surface area contributed by atoms with E-state index in [1.54, 1.807) is 12.1 Å². The average Bonchev–Trinajstić information content (AvgIpc) is 2.87. The minimum Gasteiger partial charge on any atom is -0.453 e. The van der Waals surface area contributed by atoms with Crippen LogP contribution in [-0.2, 0) is 0 Å². The van der Waals surface area contributed by atoms with Crippen molar-refractivity contribution in [3.63, 3.8) is 0 Å². The van der Waals surface area contributed by atoms with E-state index in [1.165, 1.54) is 12.1 Å². The summed E-state index contributed by atoms with van der Waals surface area (Å²) in [5, 5.41) is 0.646. The molecule has 1 aromatic heterocycles. The van der Waals surface area contributed by atoms with Gasteiger partial charge >= 0.3 is 0 Å². The molecular formula is C13H11FO2. The lowest BCUT2D eigenvalue weighted by Gasteiger charge is -2.01.